The molecule has 1 fully saturated rings. The molecular formula is C15H19ClF3NO. The van der Waals surface area contributed by atoms with Crippen molar-refractivity contribution in [3.8, 4) is 5.75 Å². The average Bonchev–Trinajstić information content (AvgIpc) is 2.89. The van der Waals surface area contributed by atoms with Crippen LogP contribution in [0.3, 0.4) is 0 Å². The largest absolute Gasteiger partial charge is 0.488 e. The van der Waals surface area contributed by atoms with E-state index in [0.29, 0.717) is 11.7 Å². The van der Waals surface area contributed by atoms with Gasteiger partial charge in [-0.2, -0.15) is 13.2 Å². The Kier molecular flexibility index (Phi) is 5.04. The minimum atomic E-state index is -4.39. The lowest BCUT2D eigenvalue weighted by molar-refractivity contribution is -0.137. The highest BCUT2D eigenvalue weighted by Crippen LogP contribution is 2.36. The number of benzene rings is 1. The Morgan fingerprint density at radius 1 is 1.33 bits per heavy atom. The monoisotopic (exact) mass is 321 g/mol. The lowest BCUT2D eigenvalue weighted by atomic mass is 9.92. The normalized spacial score (nSPS) is 20.8. The van der Waals surface area contributed by atoms with Crippen molar-refractivity contribution in [2.45, 2.75) is 32.5 Å². The molecule has 1 aliphatic rings. The van der Waals surface area contributed by atoms with Crippen LogP contribution in [-0.2, 0) is 6.18 Å². The molecule has 6 heteroatoms. The predicted octanol–water partition coefficient (Wildman–Crippen LogP) is 4.37. The van der Waals surface area contributed by atoms with Crippen LogP contribution in [0.25, 0.3) is 0 Å². The molecule has 118 valence electrons. The highest BCUT2D eigenvalue weighted by Gasteiger charge is 2.32. The summed E-state index contributed by atoms with van der Waals surface area (Å²) in [6.45, 7) is 5.89. The van der Waals surface area contributed by atoms with Gasteiger partial charge in [0.25, 0.3) is 0 Å². The lowest BCUT2D eigenvalue weighted by Gasteiger charge is -2.28. The SMILES string of the molecule is CC(C)[C@H](Oc1ccc(C(F)(F)F)cc1Cl)[C@H]1CCNC1. The van der Waals surface area contributed by atoms with Gasteiger partial charge in [0.2, 0.25) is 0 Å². The molecule has 21 heavy (non-hydrogen) atoms. The number of alkyl halides is 3. The van der Waals surface area contributed by atoms with Gasteiger partial charge < -0.3 is 10.1 Å². The molecular weight excluding hydrogens is 303 g/mol. The summed E-state index contributed by atoms with van der Waals surface area (Å²) in [5.74, 6) is 0.923. The Morgan fingerprint density at radius 3 is 2.52 bits per heavy atom. The van der Waals surface area contributed by atoms with Gasteiger partial charge in [-0.15, -0.1) is 0 Å². The molecule has 0 amide bonds. The van der Waals surface area contributed by atoms with Crippen molar-refractivity contribution < 1.29 is 17.9 Å². The average molecular weight is 322 g/mol. The molecule has 1 aromatic carbocycles. The fourth-order valence-corrected chi connectivity index (χ4v) is 2.88. The second kappa shape index (κ2) is 6.44. The first-order chi connectivity index (χ1) is 9.79. The van der Waals surface area contributed by atoms with Crippen molar-refractivity contribution in [2.75, 3.05) is 13.1 Å². The molecule has 0 unspecified atom stereocenters. The van der Waals surface area contributed by atoms with E-state index in [1.807, 2.05) is 13.8 Å². The van der Waals surface area contributed by atoms with Crippen LogP contribution >= 0.6 is 11.6 Å². The van der Waals surface area contributed by atoms with Gasteiger partial charge in [0.05, 0.1) is 10.6 Å². The minimum absolute atomic E-state index is 0.00133. The minimum Gasteiger partial charge on any atom is -0.488 e. The summed E-state index contributed by atoms with van der Waals surface area (Å²) in [5.41, 5.74) is -0.761. The van der Waals surface area contributed by atoms with Crippen LogP contribution in [0.15, 0.2) is 18.2 Å². The maximum atomic E-state index is 12.6. The van der Waals surface area contributed by atoms with Gasteiger partial charge in [-0.1, -0.05) is 25.4 Å². The Hall–Kier alpha value is -0.940. The first kappa shape index (κ1) is 16.4. The summed E-state index contributed by atoms with van der Waals surface area (Å²) in [7, 11) is 0. The molecule has 0 spiro atoms. The van der Waals surface area contributed by atoms with Crippen LogP contribution in [0.1, 0.15) is 25.8 Å². The summed E-state index contributed by atoms with van der Waals surface area (Å²) in [4.78, 5) is 0. The zero-order chi connectivity index (χ0) is 15.6. The molecule has 1 N–H and O–H groups in total. The van der Waals surface area contributed by atoms with Gasteiger partial charge in [-0.25, -0.2) is 0 Å². The molecule has 1 saturated heterocycles. The second-order valence-electron chi connectivity index (χ2n) is 5.72. The number of ether oxygens (including phenoxy) is 1. The number of hydrogen-bond acceptors (Lipinski definition) is 2. The molecule has 1 aliphatic heterocycles. The number of rotatable bonds is 4. The maximum absolute atomic E-state index is 12.6. The summed E-state index contributed by atoms with van der Waals surface area (Å²) in [5, 5.41) is 3.28. The van der Waals surface area contributed by atoms with E-state index in [0.717, 1.165) is 31.6 Å². The van der Waals surface area contributed by atoms with E-state index in [1.54, 1.807) is 0 Å². The Labute approximate surface area is 127 Å². The summed E-state index contributed by atoms with van der Waals surface area (Å²) >= 11 is 5.95. The van der Waals surface area contributed by atoms with E-state index < -0.39 is 11.7 Å². The third-order valence-corrected chi connectivity index (χ3v) is 4.04. The van der Waals surface area contributed by atoms with Crippen molar-refractivity contribution in [3.05, 3.63) is 28.8 Å². The van der Waals surface area contributed by atoms with Gasteiger partial charge in [-0.05, 0) is 37.1 Å². The summed E-state index contributed by atoms with van der Waals surface area (Å²) in [6.07, 6.45) is -3.45. The van der Waals surface area contributed by atoms with Crippen molar-refractivity contribution in [1.29, 1.82) is 0 Å². The quantitative estimate of drug-likeness (QED) is 0.889. The van der Waals surface area contributed by atoms with E-state index in [2.05, 4.69) is 5.32 Å². The molecule has 0 aromatic heterocycles. The number of nitrogens with one attached hydrogen (secondary N) is 1. The zero-order valence-electron chi connectivity index (χ0n) is 12.0. The van der Waals surface area contributed by atoms with Crippen molar-refractivity contribution in [2.24, 2.45) is 11.8 Å². The fraction of sp³-hybridized carbons (Fsp3) is 0.600. The fourth-order valence-electron chi connectivity index (χ4n) is 2.65. The molecule has 0 saturated carbocycles. The summed E-state index contributed by atoms with van der Waals surface area (Å²) in [6, 6.07) is 3.23. The number of hydrogen-bond donors (Lipinski definition) is 1. The van der Waals surface area contributed by atoms with Crippen LogP contribution in [0, 0.1) is 11.8 Å². The predicted molar refractivity (Wildman–Crippen MR) is 76.7 cm³/mol. The van der Waals surface area contributed by atoms with E-state index in [4.69, 9.17) is 16.3 Å². The molecule has 0 aliphatic carbocycles. The third kappa shape index (κ3) is 4.04. The van der Waals surface area contributed by atoms with Crippen LogP contribution in [0.5, 0.6) is 5.75 Å². The third-order valence-electron chi connectivity index (χ3n) is 3.74. The van der Waals surface area contributed by atoms with Gasteiger partial charge in [-0.3, -0.25) is 0 Å². The van der Waals surface area contributed by atoms with Gasteiger partial charge >= 0.3 is 6.18 Å². The van der Waals surface area contributed by atoms with E-state index in [-0.39, 0.29) is 17.0 Å². The topological polar surface area (TPSA) is 21.3 Å². The summed E-state index contributed by atoms with van der Waals surface area (Å²) < 4.78 is 43.8. The van der Waals surface area contributed by atoms with Crippen LogP contribution in [0.4, 0.5) is 13.2 Å². The zero-order valence-corrected chi connectivity index (χ0v) is 12.8. The second-order valence-corrected chi connectivity index (χ2v) is 6.13. The van der Waals surface area contributed by atoms with Crippen LogP contribution in [0.2, 0.25) is 5.02 Å². The van der Waals surface area contributed by atoms with Gasteiger partial charge in [0.15, 0.2) is 0 Å². The van der Waals surface area contributed by atoms with Crippen molar-refractivity contribution in [3.63, 3.8) is 0 Å². The van der Waals surface area contributed by atoms with E-state index >= 15 is 0 Å². The first-order valence-electron chi connectivity index (χ1n) is 7.03. The molecule has 1 aromatic rings. The molecule has 0 radical (unpaired) electrons. The molecule has 1 heterocycles. The Bertz CT molecular complexity index is 484. The molecule has 2 nitrogen and oxygen atoms in total. The maximum Gasteiger partial charge on any atom is 0.416 e. The van der Waals surface area contributed by atoms with E-state index in [1.165, 1.54) is 6.07 Å². The number of halogens is 4. The highest BCUT2D eigenvalue weighted by molar-refractivity contribution is 6.32. The van der Waals surface area contributed by atoms with Gasteiger partial charge in [0.1, 0.15) is 11.9 Å². The van der Waals surface area contributed by atoms with Crippen LogP contribution in [-0.4, -0.2) is 19.2 Å². The molecule has 2 atom stereocenters. The smallest absolute Gasteiger partial charge is 0.416 e. The molecule has 0 bridgehead atoms. The van der Waals surface area contributed by atoms with E-state index in [9.17, 15) is 13.2 Å². The van der Waals surface area contributed by atoms with Crippen molar-refractivity contribution in [1.82, 2.24) is 5.32 Å². The van der Waals surface area contributed by atoms with Crippen molar-refractivity contribution >= 4 is 11.6 Å². The Morgan fingerprint density at radius 2 is 2.05 bits per heavy atom. The van der Waals surface area contributed by atoms with Crippen LogP contribution < -0.4 is 10.1 Å². The highest BCUT2D eigenvalue weighted by atomic mass is 35.5. The first-order valence-corrected chi connectivity index (χ1v) is 7.41. The lowest BCUT2D eigenvalue weighted by Crippen LogP contribution is -2.33. The Balaban J connectivity index is 2.17. The van der Waals surface area contributed by atoms with Gasteiger partial charge in [0, 0.05) is 12.5 Å². The standard InChI is InChI=1S/C15H19ClF3NO/c1-9(2)14(10-5-6-20-8-10)21-13-4-3-11(7-12(13)16)15(17,18)19/h3-4,7,9-10,14,20H,5-6,8H2,1-2H3/t10-,14-/m0/s1. The molecule has 2 rings (SSSR count).